The van der Waals surface area contributed by atoms with Crippen LogP contribution in [-0.4, -0.2) is 44.1 Å². The van der Waals surface area contributed by atoms with Gasteiger partial charge in [-0.15, -0.1) is 10.2 Å². The Balaban J connectivity index is 1.53. The summed E-state index contributed by atoms with van der Waals surface area (Å²) >= 11 is 0. The van der Waals surface area contributed by atoms with Gasteiger partial charge in [0.15, 0.2) is 0 Å². The van der Waals surface area contributed by atoms with Crippen LogP contribution in [0.3, 0.4) is 0 Å². The topological polar surface area (TPSA) is 85.0 Å². The van der Waals surface area contributed by atoms with E-state index in [1.807, 2.05) is 6.07 Å². The predicted octanol–water partition coefficient (Wildman–Crippen LogP) is 3.05. The number of likely N-dealkylation sites (tertiary alicyclic amines) is 1. The number of hydrogen-bond donors (Lipinski definition) is 0. The lowest BCUT2D eigenvalue weighted by molar-refractivity contribution is -0.157. The maximum absolute atomic E-state index is 12.8. The van der Waals surface area contributed by atoms with Crippen LogP contribution in [0.5, 0.6) is 0 Å². The second kappa shape index (κ2) is 6.60. The third-order valence-electron chi connectivity index (χ3n) is 4.41. The van der Waals surface area contributed by atoms with Crippen LogP contribution in [0, 0.1) is 0 Å². The van der Waals surface area contributed by atoms with Crippen molar-refractivity contribution in [3.8, 4) is 0 Å². The quantitative estimate of drug-likeness (QED) is 0.682. The molecule has 1 aromatic carbocycles. The zero-order chi connectivity index (χ0) is 19.0. The Kier molecular flexibility index (Phi) is 4.25. The number of benzene rings is 1. The molecule has 3 aromatic rings. The molecule has 1 fully saturated rings. The van der Waals surface area contributed by atoms with E-state index in [0.29, 0.717) is 30.4 Å². The molecule has 0 bridgehead atoms. The lowest BCUT2D eigenvalue weighted by Crippen LogP contribution is -2.39. The lowest BCUT2D eigenvalue weighted by Gasteiger charge is -2.30. The number of hydrogen-bond acceptors (Lipinski definition) is 6. The van der Waals surface area contributed by atoms with Crippen LogP contribution in [0.2, 0.25) is 0 Å². The first-order chi connectivity index (χ1) is 12.9. The largest absolute Gasteiger partial charge is 0.470 e. The number of carbonyl (C=O) groups excluding carboxylic acids is 1. The first-order valence-electron chi connectivity index (χ1n) is 8.33. The van der Waals surface area contributed by atoms with Crippen molar-refractivity contribution in [2.45, 2.75) is 24.9 Å². The zero-order valence-corrected chi connectivity index (χ0v) is 14.0. The molecule has 10 heteroatoms. The van der Waals surface area contributed by atoms with Gasteiger partial charge in [-0.05, 0) is 25.0 Å². The van der Waals surface area contributed by atoms with Crippen LogP contribution in [0.25, 0.3) is 11.0 Å². The molecule has 0 aliphatic carbocycles. The van der Waals surface area contributed by atoms with Gasteiger partial charge in [0, 0.05) is 13.1 Å². The van der Waals surface area contributed by atoms with Gasteiger partial charge in [0.1, 0.15) is 5.69 Å². The van der Waals surface area contributed by atoms with E-state index >= 15 is 0 Å². The third-order valence-corrected chi connectivity index (χ3v) is 4.41. The van der Waals surface area contributed by atoms with E-state index < -0.39 is 18.0 Å². The van der Waals surface area contributed by atoms with Crippen molar-refractivity contribution in [2.75, 3.05) is 13.1 Å². The Hall–Kier alpha value is -3.04. The molecule has 2 aromatic heterocycles. The van der Waals surface area contributed by atoms with E-state index in [0.717, 1.165) is 0 Å². The molecule has 0 spiro atoms. The lowest BCUT2D eigenvalue weighted by atomic mass is 9.98. The summed E-state index contributed by atoms with van der Waals surface area (Å²) in [6.07, 6.45) is -2.10. The average Bonchev–Trinajstić information content (AvgIpc) is 3.18. The molecule has 3 heterocycles. The number of rotatable bonds is 2. The molecular formula is C17H14F3N5O2. The Morgan fingerprint density at radius 1 is 1.19 bits per heavy atom. The third kappa shape index (κ3) is 3.46. The first-order valence-corrected chi connectivity index (χ1v) is 8.33. The predicted molar refractivity (Wildman–Crippen MR) is 86.7 cm³/mol. The zero-order valence-electron chi connectivity index (χ0n) is 14.0. The number of para-hydroxylation sites is 2. The van der Waals surface area contributed by atoms with Gasteiger partial charge >= 0.3 is 12.1 Å². The summed E-state index contributed by atoms with van der Waals surface area (Å²) in [7, 11) is 0. The Bertz CT molecular complexity index is 988. The fourth-order valence-corrected chi connectivity index (χ4v) is 3.10. The summed E-state index contributed by atoms with van der Waals surface area (Å²) in [5.74, 6) is -2.25. The molecule has 1 amide bonds. The van der Waals surface area contributed by atoms with Crippen molar-refractivity contribution < 1.29 is 22.4 Å². The molecule has 4 rings (SSSR count). The first kappa shape index (κ1) is 17.4. The number of amides is 1. The molecule has 1 aliphatic rings. The number of aromatic nitrogens is 4. The minimum absolute atomic E-state index is 0.107. The van der Waals surface area contributed by atoms with Crippen LogP contribution in [0.15, 0.2) is 34.9 Å². The molecule has 1 unspecified atom stereocenters. The molecular weight excluding hydrogens is 363 g/mol. The number of alkyl halides is 3. The molecule has 27 heavy (non-hydrogen) atoms. The number of piperidine rings is 1. The molecule has 0 saturated carbocycles. The van der Waals surface area contributed by atoms with Crippen molar-refractivity contribution in [2.24, 2.45) is 0 Å². The van der Waals surface area contributed by atoms with E-state index in [-0.39, 0.29) is 24.0 Å². The second-order valence-corrected chi connectivity index (χ2v) is 6.28. The standard InChI is InChI=1S/C17H14F3N5O2/c18-17(19,20)16-24-23-14(27-16)10-4-3-7-25(9-10)15(26)13-8-21-11-5-1-2-6-12(11)22-13/h1-2,5-6,8,10H,3-4,7,9H2. The summed E-state index contributed by atoms with van der Waals surface area (Å²) < 4.78 is 42.7. The van der Waals surface area contributed by atoms with Crippen molar-refractivity contribution in [1.82, 2.24) is 25.1 Å². The molecule has 7 nitrogen and oxygen atoms in total. The molecule has 1 aliphatic heterocycles. The molecule has 140 valence electrons. The van der Waals surface area contributed by atoms with Crippen LogP contribution >= 0.6 is 0 Å². The normalized spacial score (nSPS) is 18.0. The average molecular weight is 377 g/mol. The highest BCUT2D eigenvalue weighted by molar-refractivity contribution is 5.93. The van der Waals surface area contributed by atoms with Gasteiger partial charge in [-0.3, -0.25) is 9.78 Å². The fourth-order valence-electron chi connectivity index (χ4n) is 3.10. The Morgan fingerprint density at radius 3 is 2.70 bits per heavy atom. The number of carbonyl (C=O) groups is 1. The van der Waals surface area contributed by atoms with Crippen LogP contribution in [-0.2, 0) is 6.18 Å². The molecule has 0 N–H and O–H groups in total. The van der Waals surface area contributed by atoms with E-state index in [9.17, 15) is 18.0 Å². The summed E-state index contributed by atoms with van der Waals surface area (Å²) in [5, 5.41) is 6.57. The minimum atomic E-state index is -4.68. The van der Waals surface area contributed by atoms with E-state index in [1.54, 1.807) is 18.2 Å². The number of fused-ring (bicyclic) bond motifs is 1. The Morgan fingerprint density at radius 2 is 1.96 bits per heavy atom. The van der Waals surface area contributed by atoms with Gasteiger partial charge in [-0.2, -0.15) is 13.2 Å². The van der Waals surface area contributed by atoms with Gasteiger partial charge in [-0.1, -0.05) is 12.1 Å². The van der Waals surface area contributed by atoms with Gasteiger partial charge in [0.2, 0.25) is 5.89 Å². The van der Waals surface area contributed by atoms with Crippen molar-refractivity contribution in [3.63, 3.8) is 0 Å². The fraction of sp³-hybridized carbons (Fsp3) is 0.353. The highest BCUT2D eigenvalue weighted by Crippen LogP contribution is 2.32. The van der Waals surface area contributed by atoms with Gasteiger partial charge in [-0.25, -0.2) is 4.98 Å². The van der Waals surface area contributed by atoms with Crippen molar-refractivity contribution in [1.29, 1.82) is 0 Å². The highest BCUT2D eigenvalue weighted by atomic mass is 19.4. The number of halogens is 3. The van der Waals surface area contributed by atoms with E-state index in [4.69, 9.17) is 4.42 Å². The summed E-state index contributed by atoms with van der Waals surface area (Å²) in [4.78, 5) is 22.9. The smallest absolute Gasteiger partial charge is 0.417 e. The molecule has 0 radical (unpaired) electrons. The molecule has 1 saturated heterocycles. The Labute approximate surface area is 151 Å². The second-order valence-electron chi connectivity index (χ2n) is 6.28. The van der Waals surface area contributed by atoms with Gasteiger partial charge in [0.25, 0.3) is 5.91 Å². The SMILES string of the molecule is O=C(c1cnc2ccccc2n1)N1CCCC(c2nnc(C(F)(F)F)o2)C1. The van der Waals surface area contributed by atoms with Crippen LogP contribution in [0.4, 0.5) is 13.2 Å². The highest BCUT2D eigenvalue weighted by Gasteiger charge is 2.39. The van der Waals surface area contributed by atoms with Gasteiger partial charge in [0.05, 0.1) is 23.1 Å². The van der Waals surface area contributed by atoms with Gasteiger partial charge < -0.3 is 9.32 Å². The maximum Gasteiger partial charge on any atom is 0.470 e. The maximum atomic E-state index is 12.8. The van der Waals surface area contributed by atoms with E-state index in [1.165, 1.54) is 11.1 Å². The minimum Gasteiger partial charge on any atom is -0.417 e. The summed E-state index contributed by atoms with van der Waals surface area (Å²) in [6.45, 7) is 0.664. The van der Waals surface area contributed by atoms with Crippen molar-refractivity contribution in [3.05, 3.63) is 47.9 Å². The van der Waals surface area contributed by atoms with Crippen LogP contribution < -0.4 is 0 Å². The van der Waals surface area contributed by atoms with Crippen molar-refractivity contribution >= 4 is 16.9 Å². The van der Waals surface area contributed by atoms with E-state index in [2.05, 4.69) is 20.2 Å². The monoisotopic (exact) mass is 377 g/mol. The summed E-state index contributed by atoms with van der Waals surface area (Å²) in [6, 6.07) is 7.18. The number of nitrogens with zero attached hydrogens (tertiary/aromatic N) is 5. The summed E-state index contributed by atoms with van der Waals surface area (Å²) in [5.41, 5.74) is 1.47. The molecule has 1 atom stereocenters. The van der Waals surface area contributed by atoms with Crippen LogP contribution in [0.1, 0.15) is 41.0 Å².